The zero-order valence-electron chi connectivity index (χ0n) is 6.22. The summed E-state index contributed by atoms with van der Waals surface area (Å²) in [7, 11) is 2.00. The minimum Gasteiger partial charge on any atom is -0.449 e. The molecule has 0 saturated carbocycles. The van der Waals surface area contributed by atoms with Gasteiger partial charge in [-0.25, -0.2) is 0 Å². The highest BCUT2D eigenvalue weighted by Crippen LogP contribution is 1.63. The molecule has 0 aromatic heterocycles. The van der Waals surface area contributed by atoms with Gasteiger partial charge in [0.25, 0.3) is 20.0 Å². The van der Waals surface area contributed by atoms with E-state index in [2.05, 4.69) is 5.73 Å². The van der Waals surface area contributed by atoms with Gasteiger partial charge in [-0.1, -0.05) is 0 Å². The summed E-state index contributed by atoms with van der Waals surface area (Å²) in [5.41, 5.74) is 4.50. The standard InChI is InChI=1S/CH5N.H10O3Si4/c1-2;4-1-6-3-7-2-5/h2H2,1H3;6-7H2,4-5H3. The van der Waals surface area contributed by atoms with Crippen LogP contribution >= 0.6 is 0 Å². The Bertz CT molecular complexity index is 35.0. The van der Waals surface area contributed by atoms with Gasteiger partial charge in [-0.2, -0.15) is 0 Å². The molecule has 0 rings (SSSR count). The quantitative estimate of drug-likeness (QED) is 0.366. The lowest BCUT2D eigenvalue weighted by atomic mass is 11.6. The molecule has 0 spiro atoms. The first kappa shape index (κ1) is 12.4. The third-order valence-corrected chi connectivity index (χ3v) is 3.62. The number of hydrogen-bond donors (Lipinski definition) is 1. The third kappa shape index (κ3) is 17.7. The number of rotatable bonds is 4. The largest absolute Gasteiger partial charge is 0.449 e. The van der Waals surface area contributed by atoms with Crippen molar-refractivity contribution >= 4 is 41.0 Å². The van der Waals surface area contributed by atoms with Crippen molar-refractivity contribution in [2.45, 2.75) is 0 Å². The van der Waals surface area contributed by atoms with Crippen LogP contribution in [0.2, 0.25) is 0 Å². The maximum absolute atomic E-state index is 5.03. The molecule has 0 aromatic carbocycles. The lowest BCUT2D eigenvalue weighted by Crippen LogP contribution is -2.08. The highest BCUT2D eigenvalue weighted by molar-refractivity contribution is 6.40. The van der Waals surface area contributed by atoms with Crippen molar-refractivity contribution in [2.75, 3.05) is 7.05 Å². The second kappa shape index (κ2) is 15.9. The van der Waals surface area contributed by atoms with E-state index >= 15 is 0 Å². The first-order chi connectivity index (χ1) is 4.41. The van der Waals surface area contributed by atoms with Gasteiger partial charge in [0.05, 0.1) is 0 Å². The Labute approximate surface area is 66.7 Å². The van der Waals surface area contributed by atoms with Crippen molar-refractivity contribution in [1.29, 1.82) is 0 Å². The molecule has 0 aliphatic carbocycles. The Hall–Kier alpha value is 0.708. The lowest BCUT2D eigenvalue weighted by Gasteiger charge is -1.97. The monoisotopic (exact) mass is 201 g/mol. The second-order valence-electron chi connectivity index (χ2n) is 1.02. The highest BCUT2D eigenvalue weighted by atomic mass is 28.4. The van der Waals surface area contributed by atoms with Gasteiger partial charge in [0.1, 0.15) is 21.0 Å². The van der Waals surface area contributed by atoms with Crippen molar-refractivity contribution in [1.82, 2.24) is 0 Å². The average Bonchev–Trinajstić information content (AvgIpc) is 1.94. The van der Waals surface area contributed by atoms with E-state index in [9.17, 15) is 0 Å². The maximum atomic E-state index is 5.03. The van der Waals surface area contributed by atoms with E-state index in [1.807, 2.05) is 0 Å². The SMILES string of the molecule is CN.[SiH3]O[SiH2]O[SiH2]O[SiH3]. The Balaban J connectivity index is 0. The van der Waals surface area contributed by atoms with Gasteiger partial charge in [-0.15, -0.1) is 0 Å². The molecule has 0 aromatic rings. The fraction of sp³-hybridized carbons (Fsp3) is 1.00. The van der Waals surface area contributed by atoms with Crippen LogP contribution < -0.4 is 5.73 Å². The van der Waals surface area contributed by atoms with Gasteiger partial charge in [0.15, 0.2) is 0 Å². The van der Waals surface area contributed by atoms with Crippen LogP contribution in [0.3, 0.4) is 0 Å². The van der Waals surface area contributed by atoms with E-state index in [0.717, 1.165) is 21.0 Å². The number of hydrogen-bond acceptors (Lipinski definition) is 4. The Morgan fingerprint density at radius 3 is 1.67 bits per heavy atom. The van der Waals surface area contributed by atoms with Gasteiger partial charge < -0.3 is 18.1 Å². The minimum absolute atomic E-state index is 0.569. The Morgan fingerprint density at radius 1 is 1.11 bits per heavy atom. The zero-order valence-corrected chi connectivity index (χ0v) is 13.0. The summed E-state index contributed by atoms with van der Waals surface area (Å²) in [6.07, 6.45) is 0. The molecule has 0 unspecified atom stereocenters. The van der Waals surface area contributed by atoms with Crippen molar-refractivity contribution in [3.05, 3.63) is 0 Å². The fourth-order valence-electron chi connectivity index (χ4n) is 0.201. The van der Waals surface area contributed by atoms with Gasteiger partial charge in [-0.05, 0) is 7.05 Å². The highest BCUT2D eigenvalue weighted by Gasteiger charge is 1.80. The van der Waals surface area contributed by atoms with Crippen LogP contribution in [-0.4, -0.2) is 48.0 Å². The van der Waals surface area contributed by atoms with E-state index in [4.69, 9.17) is 12.3 Å². The van der Waals surface area contributed by atoms with E-state index in [0.29, 0.717) is 0 Å². The summed E-state index contributed by atoms with van der Waals surface area (Å²) < 4.78 is 14.8. The fourth-order valence-corrected chi connectivity index (χ4v) is 4.81. The average molecular weight is 201 g/mol. The molecule has 58 valence electrons. The molecule has 2 N–H and O–H groups in total. The molecular weight excluding hydrogens is 186 g/mol. The van der Waals surface area contributed by atoms with Crippen LogP contribution in [0, 0.1) is 0 Å². The van der Waals surface area contributed by atoms with Crippen molar-refractivity contribution in [2.24, 2.45) is 5.73 Å². The smallest absolute Gasteiger partial charge is 0.284 e. The predicted molar refractivity (Wildman–Crippen MR) is 50.3 cm³/mol. The van der Waals surface area contributed by atoms with Crippen LogP contribution in [-0.2, 0) is 12.3 Å². The van der Waals surface area contributed by atoms with E-state index < -0.39 is 20.0 Å². The first-order valence-corrected chi connectivity index (χ1v) is 6.49. The Morgan fingerprint density at radius 2 is 1.44 bits per heavy atom. The number of nitrogens with two attached hydrogens (primary N) is 1. The van der Waals surface area contributed by atoms with Gasteiger partial charge in [0, 0.05) is 0 Å². The van der Waals surface area contributed by atoms with E-state index in [-0.39, 0.29) is 0 Å². The van der Waals surface area contributed by atoms with Crippen LogP contribution in [0.15, 0.2) is 0 Å². The Kier molecular flexibility index (Phi) is 21.9. The van der Waals surface area contributed by atoms with Crippen LogP contribution in [0.25, 0.3) is 0 Å². The van der Waals surface area contributed by atoms with Gasteiger partial charge in [-0.3, -0.25) is 0 Å². The van der Waals surface area contributed by atoms with Crippen molar-refractivity contribution in [3.8, 4) is 0 Å². The van der Waals surface area contributed by atoms with Crippen LogP contribution in [0.5, 0.6) is 0 Å². The minimum atomic E-state index is -0.569. The molecule has 0 fully saturated rings. The molecule has 0 atom stereocenters. The second-order valence-corrected chi connectivity index (χ2v) is 7.74. The molecule has 4 nitrogen and oxygen atoms in total. The molecule has 0 aliphatic rings. The molecule has 0 heterocycles. The molecule has 8 heteroatoms. The summed E-state index contributed by atoms with van der Waals surface area (Å²) in [6.45, 7) is 0. The molecule has 0 saturated heterocycles. The van der Waals surface area contributed by atoms with Crippen molar-refractivity contribution < 1.29 is 12.3 Å². The van der Waals surface area contributed by atoms with E-state index in [1.54, 1.807) is 0 Å². The summed E-state index contributed by atoms with van der Waals surface area (Å²) in [6, 6.07) is 0. The van der Waals surface area contributed by atoms with Crippen molar-refractivity contribution in [3.63, 3.8) is 0 Å². The maximum Gasteiger partial charge on any atom is 0.284 e. The van der Waals surface area contributed by atoms with Gasteiger partial charge in [0.2, 0.25) is 0 Å². The molecule has 0 radical (unpaired) electrons. The van der Waals surface area contributed by atoms with Crippen LogP contribution in [0.1, 0.15) is 0 Å². The molecule has 0 amide bonds. The lowest BCUT2D eigenvalue weighted by molar-refractivity contribution is 0.443. The zero-order chi connectivity index (χ0) is 7.54. The summed E-state index contributed by atoms with van der Waals surface area (Å²) in [4.78, 5) is 0. The molecule has 9 heavy (non-hydrogen) atoms. The predicted octanol–water partition coefficient (Wildman–Crippen LogP) is -4.83. The topological polar surface area (TPSA) is 53.7 Å². The first-order valence-electron chi connectivity index (χ1n) is 2.55. The van der Waals surface area contributed by atoms with Crippen LogP contribution in [0.4, 0.5) is 0 Å². The molecule has 0 bridgehead atoms. The van der Waals surface area contributed by atoms with E-state index in [1.165, 1.54) is 7.05 Å². The molecule has 0 aliphatic heterocycles. The normalized spacial score (nSPS) is 11.3. The third-order valence-electron chi connectivity index (χ3n) is 0.402. The molecular formula is CH15NO3Si4. The summed E-state index contributed by atoms with van der Waals surface area (Å²) in [5.74, 6) is 0. The summed E-state index contributed by atoms with van der Waals surface area (Å²) in [5, 5.41) is 0. The van der Waals surface area contributed by atoms with Gasteiger partial charge >= 0.3 is 0 Å². The summed E-state index contributed by atoms with van der Waals surface area (Å²) >= 11 is 0.